The molecule has 0 saturated carbocycles. The summed E-state index contributed by atoms with van der Waals surface area (Å²) in [6, 6.07) is 0. The predicted octanol–water partition coefficient (Wildman–Crippen LogP) is 1.87. The summed E-state index contributed by atoms with van der Waals surface area (Å²) in [5.41, 5.74) is 1.03. The van der Waals surface area contributed by atoms with Gasteiger partial charge in [0.15, 0.2) is 5.76 Å². The van der Waals surface area contributed by atoms with Gasteiger partial charge in [-0.3, -0.25) is 0 Å². The van der Waals surface area contributed by atoms with Crippen molar-refractivity contribution in [2.24, 2.45) is 0 Å². The lowest BCUT2D eigenvalue weighted by molar-refractivity contribution is -0.138. The van der Waals surface area contributed by atoms with Gasteiger partial charge in [0.2, 0.25) is 0 Å². The zero-order valence-electron chi connectivity index (χ0n) is 10.3. The van der Waals surface area contributed by atoms with Crippen molar-refractivity contribution in [2.75, 3.05) is 13.2 Å². The summed E-state index contributed by atoms with van der Waals surface area (Å²) in [7, 11) is 0. The van der Waals surface area contributed by atoms with Gasteiger partial charge in [0.05, 0.1) is 6.61 Å². The molecule has 0 spiro atoms. The summed E-state index contributed by atoms with van der Waals surface area (Å²) in [6.07, 6.45) is 4.65. The number of rotatable bonds is 5. The molecule has 1 aliphatic heterocycles. The molecule has 0 aromatic heterocycles. The molecule has 3 N–H and O–H groups in total. The molecule has 1 heterocycles. The Morgan fingerprint density at radius 3 is 2.94 bits per heavy atom. The number of hydrogen-bond acceptors (Lipinski definition) is 5. The lowest BCUT2D eigenvalue weighted by atomic mass is 10.2. The summed E-state index contributed by atoms with van der Waals surface area (Å²) >= 11 is 0. The van der Waals surface area contributed by atoms with E-state index in [-0.39, 0.29) is 17.9 Å². The normalized spacial score (nSPS) is 17.8. The molecule has 0 atom stereocenters. The number of aliphatic hydroxyl groups is 2. The second kappa shape index (κ2) is 6.54. The van der Waals surface area contributed by atoms with E-state index in [2.05, 4.69) is 11.9 Å². The Hall–Kier alpha value is -2.17. The van der Waals surface area contributed by atoms with Crippen molar-refractivity contribution in [2.45, 2.75) is 13.3 Å². The maximum Gasteiger partial charge on any atom is 0.354 e. The van der Waals surface area contributed by atoms with Gasteiger partial charge in [0.1, 0.15) is 11.5 Å². The van der Waals surface area contributed by atoms with Gasteiger partial charge in [-0.2, -0.15) is 0 Å². The van der Waals surface area contributed by atoms with Crippen LogP contribution in [0.4, 0.5) is 0 Å². The summed E-state index contributed by atoms with van der Waals surface area (Å²) < 4.78 is 4.83. The maximum absolute atomic E-state index is 11.4. The molecule has 1 rings (SSSR count). The second-order valence-corrected chi connectivity index (χ2v) is 3.68. The van der Waals surface area contributed by atoms with Crippen LogP contribution in [0.15, 0.2) is 47.6 Å². The Labute approximate surface area is 106 Å². The molecular weight excluding hydrogens is 234 g/mol. The second-order valence-electron chi connectivity index (χ2n) is 3.68. The van der Waals surface area contributed by atoms with Gasteiger partial charge in [0, 0.05) is 13.0 Å². The number of nitrogens with one attached hydrogen (secondary N) is 1. The van der Waals surface area contributed by atoms with Gasteiger partial charge >= 0.3 is 5.97 Å². The Morgan fingerprint density at radius 2 is 2.33 bits per heavy atom. The molecule has 5 heteroatoms. The Kier molecular flexibility index (Phi) is 5.05. The van der Waals surface area contributed by atoms with Crippen LogP contribution in [0.25, 0.3) is 0 Å². The van der Waals surface area contributed by atoms with Gasteiger partial charge in [0.25, 0.3) is 0 Å². The highest BCUT2D eigenvalue weighted by Gasteiger charge is 2.17. The van der Waals surface area contributed by atoms with Gasteiger partial charge in [-0.05, 0) is 24.6 Å². The zero-order chi connectivity index (χ0) is 13.5. The molecule has 0 fully saturated rings. The van der Waals surface area contributed by atoms with Crippen LogP contribution in [0.2, 0.25) is 0 Å². The van der Waals surface area contributed by atoms with Gasteiger partial charge in [-0.25, -0.2) is 4.79 Å². The van der Waals surface area contributed by atoms with E-state index in [1.54, 1.807) is 13.0 Å². The molecule has 98 valence electrons. The van der Waals surface area contributed by atoms with Crippen LogP contribution in [-0.2, 0) is 9.53 Å². The molecule has 0 unspecified atom stereocenters. The highest BCUT2D eigenvalue weighted by Crippen LogP contribution is 2.14. The molecule has 0 aromatic carbocycles. The average Bonchev–Trinajstić information content (AvgIpc) is 2.78. The van der Waals surface area contributed by atoms with Crippen LogP contribution < -0.4 is 5.32 Å². The van der Waals surface area contributed by atoms with Crippen molar-refractivity contribution >= 4 is 5.97 Å². The zero-order valence-corrected chi connectivity index (χ0v) is 10.3. The molecule has 1 aliphatic rings. The molecular formula is C13H17NO4. The molecule has 0 amide bonds. The van der Waals surface area contributed by atoms with Crippen molar-refractivity contribution in [3.63, 3.8) is 0 Å². The molecule has 5 nitrogen and oxygen atoms in total. The van der Waals surface area contributed by atoms with Crippen molar-refractivity contribution in [1.82, 2.24) is 5.32 Å². The SMILES string of the molecule is C=CC/C(O)=C(O)\C=C1\C=C(C(=O)OCC)NC1. The monoisotopic (exact) mass is 251 g/mol. The number of hydrogen-bond donors (Lipinski definition) is 3. The number of carbonyl (C=O) groups is 1. The van der Waals surface area contributed by atoms with E-state index in [4.69, 9.17) is 4.74 Å². The Morgan fingerprint density at radius 1 is 1.61 bits per heavy atom. The van der Waals surface area contributed by atoms with E-state index in [0.717, 1.165) is 0 Å². The third-order valence-corrected chi connectivity index (χ3v) is 2.26. The molecule has 0 saturated heterocycles. The lowest BCUT2D eigenvalue weighted by Crippen LogP contribution is -2.18. The maximum atomic E-state index is 11.4. The fourth-order valence-electron chi connectivity index (χ4n) is 1.42. The van der Waals surface area contributed by atoms with E-state index in [0.29, 0.717) is 24.4 Å². The molecule has 18 heavy (non-hydrogen) atoms. The van der Waals surface area contributed by atoms with Gasteiger partial charge in [-0.15, -0.1) is 6.58 Å². The fraction of sp³-hybridized carbons (Fsp3) is 0.308. The van der Waals surface area contributed by atoms with Crippen LogP contribution in [0.5, 0.6) is 0 Å². The number of ether oxygens (including phenoxy) is 1. The summed E-state index contributed by atoms with van der Waals surface area (Å²) in [6.45, 7) is 5.90. The first-order valence-corrected chi connectivity index (χ1v) is 5.63. The third-order valence-electron chi connectivity index (χ3n) is 2.26. The summed E-state index contributed by atoms with van der Waals surface area (Å²) in [5, 5.41) is 21.8. The summed E-state index contributed by atoms with van der Waals surface area (Å²) in [5.74, 6) is -0.816. The first-order chi connectivity index (χ1) is 8.58. The number of allylic oxidation sites excluding steroid dienone is 2. The van der Waals surface area contributed by atoms with Gasteiger partial charge < -0.3 is 20.3 Å². The van der Waals surface area contributed by atoms with Crippen LogP contribution in [0.3, 0.4) is 0 Å². The third kappa shape index (κ3) is 3.69. The van der Waals surface area contributed by atoms with Crippen LogP contribution in [-0.4, -0.2) is 29.3 Å². The highest BCUT2D eigenvalue weighted by atomic mass is 16.5. The smallest absolute Gasteiger partial charge is 0.354 e. The van der Waals surface area contributed by atoms with E-state index in [1.165, 1.54) is 12.2 Å². The molecule has 0 aromatic rings. The Bertz CT molecular complexity index is 432. The minimum Gasteiger partial charge on any atom is -0.508 e. The van der Waals surface area contributed by atoms with E-state index in [1.807, 2.05) is 0 Å². The minimum atomic E-state index is -0.431. The largest absolute Gasteiger partial charge is 0.508 e. The van der Waals surface area contributed by atoms with Crippen molar-refractivity contribution in [3.8, 4) is 0 Å². The lowest BCUT2D eigenvalue weighted by Gasteiger charge is -2.01. The number of aliphatic hydroxyl groups excluding tert-OH is 2. The standard InChI is InChI=1S/C13H17NO4/c1-3-5-11(15)12(16)7-9-6-10(14-8-9)13(17)18-4-2/h3,6-7,14-16H,1,4-5,8H2,2H3/b9-7-,12-11-. The average molecular weight is 251 g/mol. The first-order valence-electron chi connectivity index (χ1n) is 5.63. The highest BCUT2D eigenvalue weighted by molar-refractivity contribution is 5.89. The number of esters is 1. The van der Waals surface area contributed by atoms with Crippen LogP contribution in [0, 0.1) is 0 Å². The minimum absolute atomic E-state index is 0.157. The molecule has 0 aliphatic carbocycles. The van der Waals surface area contributed by atoms with Crippen molar-refractivity contribution < 1.29 is 19.7 Å². The molecule has 0 radical (unpaired) electrons. The predicted molar refractivity (Wildman–Crippen MR) is 67.9 cm³/mol. The number of carbonyl (C=O) groups excluding carboxylic acids is 1. The summed E-state index contributed by atoms with van der Waals surface area (Å²) in [4.78, 5) is 11.4. The Balaban J connectivity index is 2.78. The van der Waals surface area contributed by atoms with E-state index in [9.17, 15) is 15.0 Å². The van der Waals surface area contributed by atoms with Crippen LogP contribution >= 0.6 is 0 Å². The van der Waals surface area contributed by atoms with E-state index < -0.39 is 5.97 Å². The van der Waals surface area contributed by atoms with Gasteiger partial charge in [-0.1, -0.05) is 6.08 Å². The van der Waals surface area contributed by atoms with Crippen LogP contribution in [0.1, 0.15) is 13.3 Å². The van der Waals surface area contributed by atoms with Crippen molar-refractivity contribution in [3.05, 3.63) is 47.6 Å². The topological polar surface area (TPSA) is 78.8 Å². The first kappa shape index (κ1) is 13.9. The molecule has 0 bridgehead atoms. The van der Waals surface area contributed by atoms with E-state index >= 15 is 0 Å². The van der Waals surface area contributed by atoms with Crippen molar-refractivity contribution in [1.29, 1.82) is 0 Å². The quantitative estimate of drug-likeness (QED) is 0.395. The fourth-order valence-corrected chi connectivity index (χ4v) is 1.42.